The molecule has 0 aliphatic rings. The summed E-state index contributed by atoms with van der Waals surface area (Å²) in [7, 11) is 0. The van der Waals surface area contributed by atoms with Crippen LogP contribution in [0.25, 0.3) is 0 Å². The van der Waals surface area contributed by atoms with E-state index < -0.39 is 30.1 Å². The van der Waals surface area contributed by atoms with Crippen LogP contribution in [0.2, 0.25) is 0 Å². The number of rotatable bonds is 9. The molecule has 2 N–H and O–H groups in total. The van der Waals surface area contributed by atoms with E-state index >= 15 is 0 Å². The van der Waals surface area contributed by atoms with E-state index in [9.17, 15) is 14.4 Å². The summed E-state index contributed by atoms with van der Waals surface area (Å²) in [5, 5.41) is 6.65. The lowest BCUT2D eigenvalue weighted by Gasteiger charge is -2.16. The molecule has 2 atom stereocenters. The monoisotopic (exact) mass is 354 g/mol. The van der Waals surface area contributed by atoms with Crippen LogP contribution >= 0.6 is 11.3 Å². The van der Waals surface area contributed by atoms with Gasteiger partial charge >= 0.3 is 12.0 Å². The molecule has 0 radical (unpaired) electrons. The Morgan fingerprint density at radius 2 is 2.08 bits per heavy atom. The SMILES string of the molecule is C=CCOC(C)C(=O)OC(C)C(=O)NC(=O)NCCc1cccs1. The number of amides is 3. The number of esters is 1. The summed E-state index contributed by atoms with van der Waals surface area (Å²) in [6.07, 6.45) is 0.260. The summed E-state index contributed by atoms with van der Waals surface area (Å²) >= 11 is 1.59. The largest absolute Gasteiger partial charge is 0.451 e. The van der Waals surface area contributed by atoms with Crippen LogP contribution in [-0.2, 0) is 25.5 Å². The molecule has 0 saturated carbocycles. The second-order valence-electron chi connectivity index (χ2n) is 4.92. The highest BCUT2D eigenvalue weighted by atomic mass is 32.1. The molecule has 2 unspecified atom stereocenters. The Morgan fingerprint density at radius 1 is 1.33 bits per heavy atom. The molecule has 0 spiro atoms. The number of urea groups is 1. The van der Waals surface area contributed by atoms with Crippen LogP contribution in [0.15, 0.2) is 30.2 Å². The number of hydrogen-bond acceptors (Lipinski definition) is 6. The predicted octanol–water partition coefficient (Wildman–Crippen LogP) is 1.64. The lowest BCUT2D eigenvalue weighted by Crippen LogP contribution is -2.45. The first-order chi connectivity index (χ1) is 11.4. The van der Waals surface area contributed by atoms with Crippen molar-refractivity contribution in [2.45, 2.75) is 32.5 Å². The number of ether oxygens (including phenoxy) is 2. The molecule has 0 aliphatic carbocycles. The molecule has 24 heavy (non-hydrogen) atoms. The number of hydrogen-bond donors (Lipinski definition) is 2. The molecule has 132 valence electrons. The van der Waals surface area contributed by atoms with E-state index in [0.717, 1.165) is 4.88 Å². The number of carbonyl (C=O) groups excluding carboxylic acids is 3. The van der Waals surface area contributed by atoms with E-state index in [1.807, 2.05) is 17.5 Å². The van der Waals surface area contributed by atoms with E-state index in [2.05, 4.69) is 17.2 Å². The van der Waals surface area contributed by atoms with Gasteiger partial charge in [0.1, 0.15) is 0 Å². The fraction of sp³-hybridized carbons (Fsp3) is 0.438. The highest BCUT2D eigenvalue weighted by molar-refractivity contribution is 7.09. The summed E-state index contributed by atoms with van der Waals surface area (Å²) in [4.78, 5) is 36.3. The zero-order valence-corrected chi connectivity index (χ0v) is 14.6. The Morgan fingerprint density at radius 3 is 2.71 bits per heavy atom. The van der Waals surface area contributed by atoms with E-state index in [-0.39, 0.29) is 6.61 Å². The van der Waals surface area contributed by atoms with Crippen molar-refractivity contribution in [3.8, 4) is 0 Å². The maximum Gasteiger partial charge on any atom is 0.335 e. The van der Waals surface area contributed by atoms with Crippen LogP contribution in [-0.4, -0.2) is 43.3 Å². The maximum absolute atomic E-state index is 11.8. The van der Waals surface area contributed by atoms with Crippen molar-refractivity contribution in [1.29, 1.82) is 0 Å². The van der Waals surface area contributed by atoms with E-state index in [0.29, 0.717) is 13.0 Å². The van der Waals surface area contributed by atoms with Gasteiger partial charge < -0.3 is 14.8 Å². The molecule has 1 aromatic rings. The maximum atomic E-state index is 11.8. The zero-order valence-electron chi connectivity index (χ0n) is 13.7. The van der Waals surface area contributed by atoms with Gasteiger partial charge in [0.05, 0.1) is 6.61 Å². The Bertz CT molecular complexity index is 559. The average molecular weight is 354 g/mol. The van der Waals surface area contributed by atoms with Gasteiger partial charge in [-0.3, -0.25) is 10.1 Å². The van der Waals surface area contributed by atoms with Crippen molar-refractivity contribution in [3.05, 3.63) is 35.0 Å². The normalized spacial score (nSPS) is 12.8. The van der Waals surface area contributed by atoms with Gasteiger partial charge in [0, 0.05) is 11.4 Å². The molecular formula is C16H22N2O5S. The smallest absolute Gasteiger partial charge is 0.335 e. The fourth-order valence-corrected chi connectivity index (χ4v) is 2.32. The van der Waals surface area contributed by atoms with Crippen LogP contribution in [0.4, 0.5) is 4.79 Å². The molecular weight excluding hydrogens is 332 g/mol. The third kappa shape index (κ3) is 7.38. The van der Waals surface area contributed by atoms with Crippen molar-refractivity contribution in [2.75, 3.05) is 13.2 Å². The van der Waals surface area contributed by atoms with Crippen LogP contribution in [0.1, 0.15) is 18.7 Å². The van der Waals surface area contributed by atoms with Crippen molar-refractivity contribution >= 4 is 29.2 Å². The first-order valence-electron chi connectivity index (χ1n) is 7.48. The van der Waals surface area contributed by atoms with Crippen molar-refractivity contribution in [1.82, 2.24) is 10.6 Å². The molecule has 8 heteroatoms. The standard InChI is InChI=1S/C16H22N2O5S/c1-4-9-22-12(3)15(20)23-11(2)14(19)18-16(21)17-8-7-13-6-5-10-24-13/h4-6,10-12H,1,7-9H2,2-3H3,(H2,17,18,19,21). The Labute approximate surface area is 145 Å². The van der Waals surface area contributed by atoms with Gasteiger partial charge in [-0.2, -0.15) is 0 Å². The highest BCUT2D eigenvalue weighted by Crippen LogP contribution is 2.08. The van der Waals surface area contributed by atoms with Crippen molar-refractivity contribution < 1.29 is 23.9 Å². The van der Waals surface area contributed by atoms with Gasteiger partial charge in [-0.1, -0.05) is 12.1 Å². The quantitative estimate of drug-likeness (QED) is 0.519. The summed E-state index contributed by atoms with van der Waals surface area (Å²) < 4.78 is 10.0. The molecule has 0 aromatic carbocycles. The van der Waals surface area contributed by atoms with Crippen molar-refractivity contribution in [2.24, 2.45) is 0 Å². The fourth-order valence-electron chi connectivity index (χ4n) is 1.62. The number of imide groups is 1. The summed E-state index contributed by atoms with van der Waals surface area (Å²) in [6.45, 7) is 6.96. The molecule has 3 amide bonds. The van der Waals surface area contributed by atoms with Crippen LogP contribution in [0, 0.1) is 0 Å². The third-order valence-electron chi connectivity index (χ3n) is 2.93. The van der Waals surface area contributed by atoms with Crippen LogP contribution in [0.3, 0.4) is 0 Å². The first-order valence-corrected chi connectivity index (χ1v) is 8.36. The number of carbonyl (C=O) groups is 3. The van der Waals surface area contributed by atoms with Gasteiger partial charge in [0.2, 0.25) is 0 Å². The molecule has 1 heterocycles. The van der Waals surface area contributed by atoms with Gasteiger partial charge in [-0.15, -0.1) is 17.9 Å². The molecule has 0 fully saturated rings. The summed E-state index contributed by atoms with van der Waals surface area (Å²) in [6, 6.07) is 3.27. The minimum absolute atomic E-state index is 0.198. The number of thiophene rings is 1. The van der Waals surface area contributed by atoms with Gasteiger partial charge in [-0.25, -0.2) is 9.59 Å². The lowest BCUT2D eigenvalue weighted by molar-refractivity contribution is -0.164. The summed E-state index contributed by atoms with van der Waals surface area (Å²) in [5.41, 5.74) is 0. The van der Waals surface area contributed by atoms with Crippen LogP contribution < -0.4 is 10.6 Å². The molecule has 7 nitrogen and oxygen atoms in total. The van der Waals surface area contributed by atoms with Crippen LogP contribution in [0.5, 0.6) is 0 Å². The third-order valence-corrected chi connectivity index (χ3v) is 3.87. The Balaban J connectivity index is 2.28. The topological polar surface area (TPSA) is 93.7 Å². The highest BCUT2D eigenvalue weighted by Gasteiger charge is 2.23. The second-order valence-corrected chi connectivity index (χ2v) is 5.95. The van der Waals surface area contributed by atoms with Crippen molar-refractivity contribution in [3.63, 3.8) is 0 Å². The Kier molecular flexibility index (Phi) is 8.74. The summed E-state index contributed by atoms with van der Waals surface area (Å²) in [5.74, 6) is -1.38. The predicted molar refractivity (Wildman–Crippen MR) is 90.7 cm³/mol. The van der Waals surface area contributed by atoms with E-state index in [1.54, 1.807) is 11.3 Å². The van der Waals surface area contributed by atoms with E-state index in [1.165, 1.54) is 19.9 Å². The van der Waals surface area contributed by atoms with E-state index in [4.69, 9.17) is 9.47 Å². The molecule has 0 bridgehead atoms. The first kappa shape index (κ1) is 19.9. The second kappa shape index (κ2) is 10.6. The van der Waals surface area contributed by atoms with Gasteiger partial charge in [0.15, 0.2) is 12.2 Å². The molecule has 1 aromatic heterocycles. The zero-order chi connectivity index (χ0) is 17.9. The average Bonchev–Trinajstić information content (AvgIpc) is 3.05. The van der Waals surface area contributed by atoms with Gasteiger partial charge in [0.25, 0.3) is 5.91 Å². The lowest BCUT2D eigenvalue weighted by atomic mass is 10.3. The molecule has 0 aliphatic heterocycles. The van der Waals surface area contributed by atoms with Gasteiger partial charge in [-0.05, 0) is 31.7 Å². The molecule has 0 saturated heterocycles. The minimum atomic E-state index is -1.10. The Hall–Kier alpha value is -2.19. The minimum Gasteiger partial charge on any atom is -0.451 e. The number of nitrogens with one attached hydrogen (secondary N) is 2. The molecule has 1 rings (SSSR count).